The molecular formula is C27H47NO. The largest absolute Gasteiger partial charge is 0.322 e. The first-order valence-electron chi connectivity index (χ1n) is 12.4. The van der Waals surface area contributed by atoms with Gasteiger partial charge in [-0.1, -0.05) is 121 Å². The normalized spacial score (nSPS) is 11.7. The predicted octanol–water partition coefficient (Wildman–Crippen LogP) is 8.32. The molecule has 0 aliphatic rings. The van der Waals surface area contributed by atoms with Gasteiger partial charge in [0.25, 0.3) is 0 Å². The maximum Gasteiger partial charge on any atom is 0.163 e. The lowest BCUT2D eigenvalue weighted by molar-refractivity contribution is 0.0976. The molecule has 2 N–H and O–H groups in total. The van der Waals surface area contributed by atoms with Crippen molar-refractivity contribution in [3.05, 3.63) is 35.4 Å². The molecule has 0 saturated heterocycles. The molecular weight excluding hydrogens is 354 g/mol. The van der Waals surface area contributed by atoms with Crippen LogP contribution in [-0.4, -0.2) is 5.78 Å². The molecule has 0 amide bonds. The van der Waals surface area contributed by atoms with Crippen LogP contribution in [0.1, 0.15) is 139 Å². The van der Waals surface area contributed by atoms with E-state index in [1.54, 1.807) is 0 Å². The Labute approximate surface area is 181 Å². The minimum Gasteiger partial charge on any atom is -0.322 e. The van der Waals surface area contributed by atoms with Gasteiger partial charge in [0.05, 0.1) is 0 Å². The zero-order valence-electron chi connectivity index (χ0n) is 19.6. The molecule has 1 rings (SSSR count). The highest BCUT2D eigenvalue weighted by molar-refractivity contribution is 5.97. The Morgan fingerprint density at radius 1 is 0.724 bits per heavy atom. The maximum absolute atomic E-state index is 12.6. The second-order valence-corrected chi connectivity index (χ2v) is 9.39. The quantitative estimate of drug-likeness (QED) is 0.198. The molecule has 0 atom stereocenters. The molecule has 29 heavy (non-hydrogen) atoms. The molecule has 0 radical (unpaired) electrons. The summed E-state index contributed by atoms with van der Waals surface area (Å²) in [7, 11) is 0. The molecule has 0 aliphatic heterocycles. The summed E-state index contributed by atoms with van der Waals surface area (Å²) >= 11 is 0. The first-order chi connectivity index (χ1) is 14.0. The zero-order chi connectivity index (χ0) is 21.4. The summed E-state index contributed by atoms with van der Waals surface area (Å²) in [6, 6.07) is 7.82. The van der Waals surface area contributed by atoms with Gasteiger partial charge in [-0.2, -0.15) is 0 Å². The highest BCUT2D eigenvalue weighted by atomic mass is 16.1. The summed E-state index contributed by atoms with van der Waals surface area (Å²) in [5.74, 6) is 0.244. The average molecular weight is 402 g/mol. The summed E-state index contributed by atoms with van der Waals surface area (Å²) in [5, 5.41) is 0. The molecule has 0 aliphatic carbocycles. The van der Waals surface area contributed by atoms with E-state index in [2.05, 4.69) is 6.92 Å². The van der Waals surface area contributed by atoms with E-state index in [1.807, 2.05) is 38.1 Å². The summed E-state index contributed by atoms with van der Waals surface area (Å²) in [4.78, 5) is 12.6. The fourth-order valence-corrected chi connectivity index (χ4v) is 4.08. The van der Waals surface area contributed by atoms with E-state index in [0.717, 1.165) is 24.0 Å². The van der Waals surface area contributed by atoms with Crippen LogP contribution in [-0.2, 0) is 5.54 Å². The predicted molar refractivity (Wildman–Crippen MR) is 128 cm³/mol. The SMILES string of the molecule is CCCCCCCCCCCCCCCCCC(=O)c1ccccc1C(C)(C)N. The van der Waals surface area contributed by atoms with Gasteiger partial charge in [-0.3, -0.25) is 4.79 Å². The van der Waals surface area contributed by atoms with Gasteiger partial charge in [0.15, 0.2) is 5.78 Å². The van der Waals surface area contributed by atoms with Gasteiger partial charge in [0.2, 0.25) is 0 Å². The number of hydrogen-bond donors (Lipinski definition) is 1. The number of carbonyl (C=O) groups is 1. The van der Waals surface area contributed by atoms with Gasteiger partial charge in [0.1, 0.15) is 0 Å². The van der Waals surface area contributed by atoms with E-state index in [1.165, 1.54) is 83.5 Å². The van der Waals surface area contributed by atoms with E-state index in [0.29, 0.717) is 6.42 Å². The first kappa shape index (κ1) is 25.9. The number of carbonyl (C=O) groups excluding carboxylic acids is 1. The molecule has 0 saturated carbocycles. The molecule has 0 aromatic heterocycles. The van der Waals surface area contributed by atoms with E-state index in [-0.39, 0.29) is 5.78 Å². The standard InChI is InChI=1S/C27H47NO/c1-4-5-6-7-8-9-10-11-12-13-14-15-16-17-18-23-26(29)24-21-19-20-22-25(24)27(2,3)28/h19-22H,4-18,23,28H2,1-3H3. The third-order valence-electron chi connectivity index (χ3n) is 5.93. The minimum absolute atomic E-state index is 0.244. The molecule has 0 heterocycles. The van der Waals surface area contributed by atoms with Crippen molar-refractivity contribution in [2.24, 2.45) is 5.73 Å². The molecule has 1 aromatic rings. The van der Waals surface area contributed by atoms with Gasteiger partial charge in [-0.25, -0.2) is 0 Å². The number of Topliss-reactive ketones (excluding diaryl/α,β-unsaturated/α-hetero) is 1. The molecule has 1 aromatic carbocycles. The number of rotatable bonds is 18. The molecule has 166 valence electrons. The Hall–Kier alpha value is -1.15. The lowest BCUT2D eigenvalue weighted by Crippen LogP contribution is -2.30. The number of unbranched alkanes of at least 4 members (excludes halogenated alkanes) is 14. The van der Waals surface area contributed by atoms with Gasteiger partial charge >= 0.3 is 0 Å². The third kappa shape index (κ3) is 12.2. The molecule has 2 nitrogen and oxygen atoms in total. The van der Waals surface area contributed by atoms with Crippen LogP contribution in [0.25, 0.3) is 0 Å². The highest BCUT2D eigenvalue weighted by Gasteiger charge is 2.21. The Balaban J connectivity index is 2.00. The van der Waals surface area contributed by atoms with E-state index in [9.17, 15) is 4.79 Å². The zero-order valence-corrected chi connectivity index (χ0v) is 19.6. The first-order valence-corrected chi connectivity index (χ1v) is 12.4. The maximum atomic E-state index is 12.6. The van der Waals surface area contributed by atoms with Gasteiger partial charge in [-0.05, 0) is 25.8 Å². The number of ketones is 1. The van der Waals surface area contributed by atoms with Crippen molar-refractivity contribution in [2.75, 3.05) is 0 Å². The molecule has 0 unspecified atom stereocenters. The van der Waals surface area contributed by atoms with E-state index >= 15 is 0 Å². The number of benzene rings is 1. The third-order valence-corrected chi connectivity index (χ3v) is 5.93. The minimum atomic E-state index is -0.471. The van der Waals surface area contributed by atoms with Crippen molar-refractivity contribution >= 4 is 5.78 Å². The highest BCUT2D eigenvalue weighted by Crippen LogP contribution is 2.23. The number of nitrogens with two attached hydrogens (primary N) is 1. The molecule has 0 fully saturated rings. The van der Waals surface area contributed by atoms with Crippen molar-refractivity contribution in [1.29, 1.82) is 0 Å². The van der Waals surface area contributed by atoms with Crippen molar-refractivity contribution < 1.29 is 4.79 Å². The Bertz CT molecular complexity index is 544. The van der Waals surface area contributed by atoms with E-state index < -0.39 is 5.54 Å². The van der Waals surface area contributed by atoms with Crippen LogP contribution in [0.2, 0.25) is 0 Å². The Morgan fingerprint density at radius 3 is 1.59 bits per heavy atom. The average Bonchev–Trinajstić information content (AvgIpc) is 2.70. The van der Waals surface area contributed by atoms with Crippen molar-refractivity contribution in [2.45, 2.75) is 129 Å². The van der Waals surface area contributed by atoms with Gasteiger partial charge < -0.3 is 5.73 Å². The number of hydrogen-bond acceptors (Lipinski definition) is 2. The summed E-state index contributed by atoms with van der Waals surface area (Å²) in [6.45, 7) is 6.21. The fourth-order valence-electron chi connectivity index (χ4n) is 4.08. The second-order valence-electron chi connectivity index (χ2n) is 9.39. The van der Waals surface area contributed by atoms with Gasteiger partial charge in [-0.15, -0.1) is 0 Å². The monoisotopic (exact) mass is 401 g/mol. The second kappa shape index (κ2) is 15.7. The van der Waals surface area contributed by atoms with Gasteiger partial charge in [0, 0.05) is 17.5 Å². The van der Waals surface area contributed by atoms with Crippen LogP contribution in [0.3, 0.4) is 0 Å². The van der Waals surface area contributed by atoms with Crippen LogP contribution < -0.4 is 5.73 Å². The Morgan fingerprint density at radius 2 is 1.14 bits per heavy atom. The lowest BCUT2D eigenvalue weighted by Gasteiger charge is -2.22. The molecule has 0 spiro atoms. The van der Waals surface area contributed by atoms with Crippen LogP contribution in [0, 0.1) is 0 Å². The lowest BCUT2D eigenvalue weighted by atomic mass is 9.88. The summed E-state index contributed by atoms with van der Waals surface area (Å²) in [5.41, 5.74) is 7.53. The van der Waals surface area contributed by atoms with Crippen LogP contribution in [0.5, 0.6) is 0 Å². The topological polar surface area (TPSA) is 43.1 Å². The summed E-state index contributed by atoms with van der Waals surface area (Å²) in [6.07, 6.45) is 20.9. The van der Waals surface area contributed by atoms with Crippen molar-refractivity contribution in [3.8, 4) is 0 Å². The van der Waals surface area contributed by atoms with Crippen molar-refractivity contribution in [1.82, 2.24) is 0 Å². The van der Waals surface area contributed by atoms with Crippen molar-refractivity contribution in [3.63, 3.8) is 0 Å². The smallest absolute Gasteiger partial charge is 0.163 e. The Kier molecular flexibility index (Phi) is 14.0. The van der Waals surface area contributed by atoms with Crippen LogP contribution >= 0.6 is 0 Å². The van der Waals surface area contributed by atoms with E-state index in [4.69, 9.17) is 5.73 Å². The summed E-state index contributed by atoms with van der Waals surface area (Å²) < 4.78 is 0. The fraction of sp³-hybridized carbons (Fsp3) is 0.741. The van der Waals surface area contributed by atoms with Crippen LogP contribution in [0.4, 0.5) is 0 Å². The molecule has 2 heteroatoms. The molecule has 0 bridgehead atoms. The van der Waals surface area contributed by atoms with Crippen LogP contribution in [0.15, 0.2) is 24.3 Å².